The monoisotopic (exact) mass is 788 g/mol. The molecule has 11 nitrogen and oxygen atoms in total. The van der Waals surface area contributed by atoms with Crippen LogP contribution in [0.3, 0.4) is 0 Å². The number of aromatic nitrogens is 5. The van der Waals surface area contributed by atoms with Gasteiger partial charge in [-0.3, -0.25) is 9.97 Å². The van der Waals surface area contributed by atoms with E-state index < -0.39 is 5.97 Å². The minimum Gasteiger partial charge on any atom is -0.524 e. The molecule has 1 radical (unpaired) electrons. The molecule has 45 heavy (non-hydrogen) atoms. The van der Waals surface area contributed by atoms with Gasteiger partial charge in [0.1, 0.15) is 23.5 Å². The zero-order valence-electron chi connectivity index (χ0n) is 25.9. The molecule has 5 heterocycles. The van der Waals surface area contributed by atoms with E-state index in [9.17, 15) is 4.79 Å². The Morgan fingerprint density at radius 3 is 1.49 bits per heavy atom. The van der Waals surface area contributed by atoms with Crippen LogP contribution in [0, 0.1) is 32.9 Å². The average Bonchev–Trinajstić information content (AvgIpc) is 3.04. The Morgan fingerprint density at radius 1 is 0.689 bits per heavy atom. The summed E-state index contributed by atoms with van der Waals surface area (Å²) in [5.74, 6) is 0.888. The summed E-state index contributed by atoms with van der Waals surface area (Å²) in [4.78, 5) is 31.0. The van der Waals surface area contributed by atoms with Gasteiger partial charge in [-0.25, -0.2) is 9.78 Å². The van der Waals surface area contributed by atoms with Crippen molar-refractivity contribution in [3.05, 3.63) is 102 Å². The number of hydrogen-bond acceptors (Lipinski definition) is 10. The van der Waals surface area contributed by atoms with E-state index in [0.717, 1.165) is 33.6 Å². The fraction of sp³-hybridized carbons (Fsp3) is 0.212. The van der Waals surface area contributed by atoms with Gasteiger partial charge in [-0.05, 0) is 55.9 Å². The van der Waals surface area contributed by atoms with Crippen LogP contribution in [0.4, 0.5) is 0 Å². The van der Waals surface area contributed by atoms with Crippen LogP contribution in [0.1, 0.15) is 27.2 Å². The van der Waals surface area contributed by atoms with Gasteiger partial charge >= 0.3 is 5.97 Å². The van der Waals surface area contributed by atoms with Crippen LogP contribution in [0.15, 0.2) is 67.1 Å². The molecule has 0 bridgehead atoms. The van der Waals surface area contributed by atoms with Crippen LogP contribution in [-0.2, 0) is 20.1 Å². The standard InChI is InChI=1S/2C13H13N2O2.C7H7NO2.Ir/c2*1-9-6-7-14-11(8-9)10-4-5-12(16-2)15-13(10)17-3;1-5-3-2-4-8-6(5)7(9)10;/h2*5-8H,1-3H3;2-4H,1H3,(H,9,10);/q2*-1;;. The zero-order chi connectivity index (χ0) is 32.1. The molecule has 0 amide bonds. The van der Waals surface area contributed by atoms with Gasteiger partial charge in [-0.2, -0.15) is 0 Å². The van der Waals surface area contributed by atoms with Gasteiger partial charge < -0.3 is 34.0 Å². The molecular formula is C33H33IrN5O6-2. The van der Waals surface area contributed by atoms with Crippen molar-refractivity contribution in [2.24, 2.45) is 0 Å². The van der Waals surface area contributed by atoms with Crippen LogP contribution >= 0.6 is 0 Å². The van der Waals surface area contributed by atoms with E-state index in [-0.39, 0.29) is 25.8 Å². The van der Waals surface area contributed by atoms with Crippen molar-refractivity contribution in [3.8, 4) is 46.0 Å². The molecule has 0 aliphatic rings. The van der Waals surface area contributed by atoms with E-state index >= 15 is 0 Å². The molecule has 5 aromatic heterocycles. The topological polar surface area (TPSA) is 139 Å². The first-order valence-electron chi connectivity index (χ1n) is 13.2. The van der Waals surface area contributed by atoms with Crippen molar-refractivity contribution in [1.82, 2.24) is 24.9 Å². The van der Waals surface area contributed by atoms with E-state index in [4.69, 9.17) is 24.1 Å². The largest absolute Gasteiger partial charge is 0.524 e. The van der Waals surface area contributed by atoms with Gasteiger partial charge in [0.15, 0.2) is 5.69 Å². The van der Waals surface area contributed by atoms with Crippen molar-refractivity contribution in [3.63, 3.8) is 0 Å². The molecule has 5 aromatic rings. The first-order chi connectivity index (χ1) is 21.2. The molecule has 0 spiro atoms. The minimum atomic E-state index is -0.974. The summed E-state index contributed by atoms with van der Waals surface area (Å²) in [6.45, 7) is 5.74. The molecule has 0 aromatic carbocycles. The van der Waals surface area contributed by atoms with Crippen LogP contribution in [0.25, 0.3) is 22.5 Å². The number of methoxy groups -OCH3 is 4. The fourth-order valence-corrected chi connectivity index (χ4v) is 3.69. The summed E-state index contributed by atoms with van der Waals surface area (Å²) in [6, 6.07) is 20.7. The Labute approximate surface area is 276 Å². The Balaban J connectivity index is 0.000000241. The van der Waals surface area contributed by atoms with Gasteiger partial charge in [0.25, 0.3) is 0 Å². The number of aryl methyl sites for hydroxylation is 3. The fourth-order valence-electron chi connectivity index (χ4n) is 3.69. The van der Waals surface area contributed by atoms with Gasteiger partial charge in [0.05, 0.1) is 28.4 Å². The number of pyridine rings is 5. The number of carboxylic acid groups (broad SMARTS) is 1. The quantitative estimate of drug-likeness (QED) is 0.206. The molecular weight excluding hydrogens is 755 g/mol. The van der Waals surface area contributed by atoms with Crippen molar-refractivity contribution in [2.45, 2.75) is 20.8 Å². The second-order valence-corrected chi connectivity index (χ2v) is 9.07. The average molecular weight is 788 g/mol. The number of aromatic carboxylic acids is 1. The third-order valence-electron chi connectivity index (χ3n) is 5.89. The van der Waals surface area contributed by atoms with Gasteiger partial charge in [0, 0.05) is 38.7 Å². The molecule has 0 unspecified atom stereocenters. The van der Waals surface area contributed by atoms with E-state index in [1.54, 1.807) is 72.0 Å². The number of hydrogen-bond donors (Lipinski definition) is 1. The van der Waals surface area contributed by atoms with Crippen molar-refractivity contribution < 1.29 is 49.0 Å². The first-order valence-corrected chi connectivity index (χ1v) is 13.2. The minimum absolute atomic E-state index is 0. The van der Waals surface area contributed by atoms with E-state index in [0.29, 0.717) is 29.1 Å². The molecule has 0 atom stereocenters. The Bertz CT molecular complexity index is 1610. The first kappa shape index (κ1) is 36.3. The Morgan fingerprint density at radius 2 is 1.16 bits per heavy atom. The maximum Gasteiger partial charge on any atom is 0.354 e. The predicted octanol–water partition coefficient (Wildman–Crippen LogP) is 5.62. The molecule has 0 aliphatic carbocycles. The molecule has 12 heteroatoms. The van der Waals surface area contributed by atoms with Gasteiger partial charge in [0.2, 0.25) is 0 Å². The molecule has 0 saturated carbocycles. The normalized spacial score (nSPS) is 9.67. The summed E-state index contributed by atoms with van der Waals surface area (Å²) in [7, 11) is 6.24. The molecule has 0 aliphatic heterocycles. The predicted molar refractivity (Wildman–Crippen MR) is 164 cm³/mol. The van der Waals surface area contributed by atoms with Crippen molar-refractivity contribution in [1.29, 1.82) is 0 Å². The Hall–Kier alpha value is -4.93. The SMILES string of the molecule is COc1c[c-]c(-c2cc(C)ccn2)c(OC)n1.COc1c[c-]c(-c2cc(C)ccn2)c(OC)n1.Cc1cccnc1C(=O)O.[Ir]. The van der Waals surface area contributed by atoms with Gasteiger partial charge in [-0.15, -0.1) is 12.1 Å². The number of carbonyl (C=O) groups is 1. The van der Waals surface area contributed by atoms with E-state index in [1.807, 2.05) is 38.1 Å². The second-order valence-electron chi connectivity index (χ2n) is 9.07. The van der Waals surface area contributed by atoms with E-state index in [1.165, 1.54) is 6.20 Å². The van der Waals surface area contributed by atoms with Crippen molar-refractivity contribution >= 4 is 5.97 Å². The summed E-state index contributed by atoms with van der Waals surface area (Å²) < 4.78 is 20.5. The third-order valence-corrected chi connectivity index (χ3v) is 5.89. The summed E-state index contributed by atoms with van der Waals surface area (Å²) in [5.41, 5.74) is 6.11. The number of ether oxygens (including phenoxy) is 4. The summed E-state index contributed by atoms with van der Waals surface area (Å²) in [5, 5.41) is 8.50. The van der Waals surface area contributed by atoms with Crippen LogP contribution < -0.4 is 18.9 Å². The summed E-state index contributed by atoms with van der Waals surface area (Å²) in [6.07, 6.45) is 4.97. The van der Waals surface area contributed by atoms with Crippen LogP contribution in [0.5, 0.6) is 23.5 Å². The number of carboxylic acids is 1. The maximum atomic E-state index is 10.4. The van der Waals surface area contributed by atoms with Crippen LogP contribution in [0.2, 0.25) is 0 Å². The van der Waals surface area contributed by atoms with Gasteiger partial charge in [-0.1, -0.05) is 52.6 Å². The molecule has 237 valence electrons. The smallest absolute Gasteiger partial charge is 0.354 e. The van der Waals surface area contributed by atoms with E-state index in [2.05, 4.69) is 37.1 Å². The van der Waals surface area contributed by atoms with Crippen LogP contribution in [-0.4, -0.2) is 64.4 Å². The number of rotatable bonds is 7. The molecule has 1 N–H and O–H groups in total. The maximum absolute atomic E-state index is 10.4. The number of nitrogens with zero attached hydrogens (tertiary/aromatic N) is 5. The summed E-state index contributed by atoms with van der Waals surface area (Å²) >= 11 is 0. The Kier molecular flexibility index (Phi) is 14.5. The second kappa shape index (κ2) is 18.0. The third kappa shape index (κ3) is 10.3. The van der Waals surface area contributed by atoms with Crippen molar-refractivity contribution in [2.75, 3.05) is 28.4 Å². The molecule has 5 rings (SSSR count). The molecule has 0 saturated heterocycles. The molecule has 0 fully saturated rings. The zero-order valence-corrected chi connectivity index (χ0v) is 28.3.